The molecule has 2 nitrogen and oxygen atoms in total. The van der Waals surface area contributed by atoms with Crippen molar-refractivity contribution in [2.24, 2.45) is 0 Å². The maximum atomic E-state index is 5.02. The lowest BCUT2D eigenvalue weighted by Gasteiger charge is -2.10. The first kappa shape index (κ1) is 12.0. The second-order valence-corrected chi connectivity index (χ2v) is 2.37. The van der Waals surface area contributed by atoms with Gasteiger partial charge in [0, 0.05) is 20.6 Å². The van der Waals surface area contributed by atoms with Gasteiger partial charge in [-0.05, 0) is 18.6 Å². The van der Waals surface area contributed by atoms with E-state index in [-0.39, 0.29) is 6.29 Å². The lowest BCUT2D eigenvalue weighted by molar-refractivity contribution is -0.105. The molecule has 0 atom stereocenters. The van der Waals surface area contributed by atoms with E-state index in [1.54, 1.807) is 20.3 Å². The van der Waals surface area contributed by atoms with Gasteiger partial charge in [0.2, 0.25) is 0 Å². The van der Waals surface area contributed by atoms with Crippen LogP contribution in [0, 0.1) is 11.8 Å². The Labute approximate surface area is 80.2 Å². The molecule has 0 fully saturated rings. The van der Waals surface area contributed by atoms with Crippen molar-refractivity contribution in [1.29, 1.82) is 0 Å². The van der Waals surface area contributed by atoms with E-state index in [1.807, 2.05) is 12.2 Å². The molecule has 2 heteroatoms. The smallest absolute Gasteiger partial charge is 0.157 e. The summed E-state index contributed by atoms with van der Waals surface area (Å²) in [5, 5.41) is 0. The van der Waals surface area contributed by atoms with E-state index in [4.69, 9.17) is 9.47 Å². The molecule has 0 aromatic carbocycles. The van der Waals surface area contributed by atoms with Crippen LogP contribution in [0.2, 0.25) is 0 Å². The lowest BCUT2D eigenvalue weighted by atomic mass is 10.3. The van der Waals surface area contributed by atoms with Gasteiger partial charge in [-0.2, -0.15) is 0 Å². The van der Waals surface area contributed by atoms with E-state index in [9.17, 15) is 0 Å². The molecule has 0 aliphatic carbocycles. The van der Waals surface area contributed by atoms with Crippen LogP contribution in [-0.4, -0.2) is 20.5 Å². The zero-order valence-electron chi connectivity index (χ0n) is 8.25. The molecule has 0 saturated heterocycles. The van der Waals surface area contributed by atoms with Crippen molar-refractivity contribution in [2.45, 2.75) is 19.1 Å². The van der Waals surface area contributed by atoms with Crippen molar-refractivity contribution >= 4 is 0 Å². The first-order valence-corrected chi connectivity index (χ1v) is 4.17. The predicted octanol–water partition coefficient (Wildman–Crippen LogP) is 2.13. The molecule has 0 spiro atoms. The Hall–Kier alpha value is -1.04. The molecule has 0 heterocycles. The normalized spacial score (nSPS) is 10.1. The van der Waals surface area contributed by atoms with Gasteiger partial charge in [-0.25, -0.2) is 0 Å². The first-order valence-electron chi connectivity index (χ1n) is 4.17. The Kier molecular flexibility index (Phi) is 8.33. The van der Waals surface area contributed by atoms with E-state index in [1.165, 1.54) is 0 Å². The highest BCUT2D eigenvalue weighted by molar-refractivity contribution is 5.21. The molecule has 0 bridgehead atoms. The maximum Gasteiger partial charge on any atom is 0.157 e. The van der Waals surface area contributed by atoms with Crippen LogP contribution in [0.1, 0.15) is 12.8 Å². The summed E-state index contributed by atoms with van der Waals surface area (Å²) in [6.07, 6.45) is 7.00. The summed E-state index contributed by atoms with van der Waals surface area (Å²) < 4.78 is 10.0. The maximum absolute atomic E-state index is 5.02. The number of methoxy groups -OCH3 is 2. The summed E-state index contributed by atoms with van der Waals surface area (Å²) in [4.78, 5) is 0. The minimum Gasteiger partial charge on any atom is -0.356 e. The highest BCUT2D eigenvalue weighted by atomic mass is 16.7. The van der Waals surface area contributed by atoms with Crippen LogP contribution in [-0.2, 0) is 9.47 Å². The molecule has 0 N–H and O–H groups in total. The second-order valence-electron chi connectivity index (χ2n) is 2.37. The second kappa shape index (κ2) is 9.05. The van der Waals surface area contributed by atoms with E-state index in [2.05, 4.69) is 18.4 Å². The van der Waals surface area contributed by atoms with Gasteiger partial charge in [-0.1, -0.05) is 24.5 Å². The van der Waals surface area contributed by atoms with Gasteiger partial charge < -0.3 is 9.47 Å². The Balaban J connectivity index is 3.53. The van der Waals surface area contributed by atoms with E-state index < -0.39 is 0 Å². The standard InChI is InChI=1S/C11H16O2/c1-4-5-6-7-8-9-10-11(12-2)13-3/h4,7-8,11H,1,9-10H2,2-3H3/b8-7+. The topological polar surface area (TPSA) is 18.5 Å². The number of rotatable bonds is 5. The molecular formula is C11H16O2. The van der Waals surface area contributed by atoms with Crippen LogP contribution >= 0.6 is 0 Å². The fourth-order valence-corrected chi connectivity index (χ4v) is 0.814. The molecule has 0 radical (unpaired) electrons. The van der Waals surface area contributed by atoms with Crippen LogP contribution in [0.25, 0.3) is 0 Å². The Morgan fingerprint density at radius 1 is 1.31 bits per heavy atom. The Morgan fingerprint density at radius 2 is 2.00 bits per heavy atom. The molecule has 0 saturated carbocycles. The van der Waals surface area contributed by atoms with Gasteiger partial charge in [-0.15, -0.1) is 0 Å². The lowest BCUT2D eigenvalue weighted by Crippen LogP contribution is -2.11. The van der Waals surface area contributed by atoms with Gasteiger partial charge in [-0.3, -0.25) is 0 Å². The molecule has 0 unspecified atom stereocenters. The molecule has 0 aliphatic heterocycles. The van der Waals surface area contributed by atoms with Crippen molar-refractivity contribution < 1.29 is 9.47 Å². The minimum atomic E-state index is -0.114. The van der Waals surface area contributed by atoms with Crippen molar-refractivity contribution in [3.8, 4) is 11.8 Å². The average molecular weight is 180 g/mol. The van der Waals surface area contributed by atoms with Crippen LogP contribution < -0.4 is 0 Å². The van der Waals surface area contributed by atoms with Gasteiger partial charge in [0.05, 0.1) is 0 Å². The summed E-state index contributed by atoms with van der Waals surface area (Å²) >= 11 is 0. The van der Waals surface area contributed by atoms with E-state index in [0.29, 0.717) is 0 Å². The zero-order chi connectivity index (χ0) is 9.94. The van der Waals surface area contributed by atoms with Crippen LogP contribution in [0.3, 0.4) is 0 Å². The average Bonchev–Trinajstić information content (AvgIpc) is 2.17. The molecular weight excluding hydrogens is 164 g/mol. The Bertz CT molecular complexity index is 204. The van der Waals surface area contributed by atoms with Crippen molar-refractivity contribution in [1.82, 2.24) is 0 Å². The van der Waals surface area contributed by atoms with Gasteiger partial charge >= 0.3 is 0 Å². The number of allylic oxidation sites excluding steroid dienone is 3. The highest BCUT2D eigenvalue weighted by Gasteiger charge is 2.01. The largest absolute Gasteiger partial charge is 0.356 e. The molecule has 0 aliphatic rings. The molecule has 72 valence electrons. The third kappa shape index (κ3) is 7.32. The summed E-state index contributed by atoms with van der Waals surface area (Å²) in [6, 6.07) is 0. The Morgan fingerprint density at radius 3 is 2.54 bits per heavy atom. The summed E-state index contributed by atoms with van der Waals surface area (Å²) in [5.74, 6) is 5.54. The molecule has 13 heavy (non-hydrogen) atoms. The van der Waals surface area contributed by atoms with Crippen molar-refractivity contribution in [2.75, 3.05) is 14.2 Å². The number of ether oxygens (including phenoxy) is 2. The quantitative estimate of drug-likeness (QED) is 0.476. The van der Waals surface area contributed by atoms with Crippen molar-refractivity contribution in [3.63, 3.8) is 0 Å². The SMILES string of the molecule is C=CC#C/C=C/CCC(OC)OC. The highest BCUT2D eigenvalue weighted by Crippen LogP contribution is 2.01. The van der Waals surface area contributed by atoms with E-state index in [0.717, 1.165) is 12.8 Å². The van der Waals surface area contributed by atoms with E-state index >= 15 is 0 Å². The van der Waals surface area contributed by atoms with Crippen molar-refractivity contribution in [3.05, 3.63) is 24.8 Å². The molecule has 0 aromatic heterocycles. The summed E-state index contributed by atoms with van der Waals surface area (Å²) in [6.45, 7) is 3.49. The van der Waals surface area contributed by atoms with Gasteiger partial charge in [0.25, 0.3) is 0 Å². The number of hydrogen-bond acceptors (Lipinski definition) is 2. The number of hydrogen-bond donors (Lipinski definition) is 0. The van der Waals surface area contributed by atoms with Gasteiger partial charge in [0.15, 0.2) is 6.29 Å². The zero-order valence-corrected chi connectivity index (χ0v) is 8.25. The minimum absolute atomic E-state index is 0.114. The molecule has 0 aromatic rings. The summed E-state index contributed by atoms with van der Waals surface area (Å²) in [7, 11) is 3.27. The first-order chi connectivity index (χ1) is 6.35. The van der Waals surface area contributed by atoms with Crippen LogP contribution in [0.5, 0.6) is 0 Å². The summed E-state index contributed by atoms with van der Waals surface area (Å²) in [5.41, 5.74) is 0. The fourth-order valence-electron chi connectivity index (χ4n) is 0.814. The van der Waals surface area contributed by atoms with Gasteiger partial charge in [0.1, 0.15) is 0 Å². The monoisotopic (exact) mass is 180 g/mol. The fraction of sp³-hybridized carbons (Fsp3) is 0.455. The van der Waals surface area contributed by atoms with Crippen LogP contribution in [0.15, 0.2) is 24.8 Å². The predicted molar refractivity (Wildman–Crippen MR) is 54.2 cm³/mol. The van der Waals surface area contributed by atoms with Crippen LogP contribution in [0.4, 0.5) is 0 Å². The third-order valence-corrected chi connectivity index (χ3v) is 1.48. The molecule has 0 amide bonds. The molecule has 0 rings (SSSR count). The third-order valence-electron chi connectivity index (χ3n) is 1.48.